The van der Waals surface area contributed by atoms with Gasteiger partial charge < -0.3 is 15.4 Å². The average Bonchev–Trinajstić information content (AvgIpc) is 2.79. The van der Waals surface area contributed by atoms with Crippen molar-refractivity contribution < 1.29 is 17.9 Å². The van der Waals surface area contributed by atoms with Crippen molar-refractivity contribution in [1.29, 1.82) is 0 Å². The number of carbonyl (C=O) groups excluding carboxylic acids is 1. The number of benzene rings is 1. The Balaban J connectivity index is 2.09. The number of rotatable bonds is 12. The lowest BCUT2D eigenvalue weighted by molar-refractivity contribution is -0.121. The SMILES string of the molecule is CCCCCC(CCC(C(=O)NC(=S)NC1CCCCC1)c1ccc(OC)cc1)N=S(=O)=O. The second-order valence-corrected chi connectivity index (χ2v) is 9.73. The van der Waals surface area contributed by atoms with Crippen LogP contribution >= 0.6 is 12.2 Å². The molecule has 33 heavy (non-hydrogen) atoms. The summed E-state index contributed by atoms with van der Waals surface area (Å²) in [7, 11) is -0.865. The van der Waals surface area contributed by atoms with Gasteiger partial charge in [0.25, 0.3) is 0 Å². The molecule has 184 valence electrons. The Labute approximate surface area is 204 Å². The molecule has 0 heterocycles. The van der Waals surface area contributed by atoms with E-state index in [0.29, 0.717) is 36.2 Å². The average molecular weight is 496 g/mol. The summed E-state index contributed by atoms with van der Waals surface area (Å²) in [5, 5.41) is 6.50. The predicted molar refractivity (Wildman–Crippen MR) is 135 cm³/mol. The Morgan fingerprint density at radius 1 is 1.12 bits per heavy atom. The van der Waals surface area contributed by atoms with E-state index in [1.807, 2.05) is 24.3 Å². The first-order valence-electron chi connectivity index (χ1n) is 12.0. The van der Waals surface area contributed by atoms with E-state index in [1.165, 1.54) is 19.3 Å². The van der Waals surface area contributed by atoms with Crippen molar-refractivity contribution in [2.24, 2.45) is 4.36 Å². The van der Waals surface area contributed by atoms with Crippen LogP contribution in [0, 0.1) is 0 Å². The number of thiocarbonyl (C=S) groups is 1. The van der Waals surface area contributed by atoms with E-state index in [1.54, 1.807) is 7.11 Å². The minimum absolute atomic E-state index is 0.191. The maximum atomic E-state index is 13.2. The predicted octanol–water partition coefficient (Wildman–Crippen LogP) is 4.89. The van der Waals surface area contributed by atoms with Crippen LogP contribution in [0.2, 0.25) is 0 Å². The molecule has 1 saturated carbocycles. The number of nitrogens with one attached hydrogen (secondary N) is 2. The number of ether oxygens (including phenoxy) is 1. The first-order chi connectivity index (χ1) is 15.9. The van der Waals surface area contributed by atoms with E-state index in [0.717, 1.165) is 37.7 Å². The van der Waals surface area contributed by atoms with E-state index in [9.17, 15) is 13.2 Å². The zero-order chi connectivity index (χ0) is 24.1. The fourth-order valence-electron chi connectivity index (χ4n) is 4.31. The van der Waals surface area contributed by atoms with Crippen LogP contribution in [0.3, 0.4) is 0 Å². The van der Waals surface area contributed by atoms with Gasteiger partial charge in [-0.2, -0.15) is 12.8 Å². The van der Waals surface area contributed by atoms with E-state index < -0.39 is 16.4 Å². The number of hydrogen-bond acceptors (Lipinski definition) is 6. The maximum Gasteiger partial charge on any atom is 0.311 e. The van der Waals surface area contributed by atoms with Crippen molar-refractivity contribution in [3.8, 4) is 5.75 Å². The van der Waals surface area contributed by atoms with E-state index in [2.05, 4.69) is 21.9 Å². The van der Waals surface area contributed by atoms with Gasteiger partial charge in [-0.25, -0.2) is 0 Å². The topological polar surface area (TPSA) is 96.9 Å². The molecule has 0 spiro atoms. The van der Waals surface area contributed by atoms with Gasteiger partial charge in [0.2, 0.25) is 5.91 Å². The van der Waals surface area contributed by atoms with Gasteiger partial charge in [-0.05, 0) is 62.0 Å². The molecule has 0 bridgehead atoms. The molecule has 1 amide bonds. The van der Waals surface area contributed by atoms with Gasteiger partial charge in [-0.1, -0.05) is 57.6 Å². The lowest BCUT2D eigenvalue weighted by atomic mass is 9.90. The molecule has 7 nitrogen and oxygen atoms in total. The summed E-state index contributed by atoms with van der Waals surface area (Å²) >= 11 is 5.42. The largest absolute Gasteiger partial charge is 0.497 e. The fraction of sp³-hybridized carbons (Fsp3) is 0.667. The number of amides is 1. The van der Waals surface area contributed by atoms with Crippen LogP contribution in [0.4, 0.5) is 0 Å². The molecular weight excluding hydrogens is 458 g/mol. The summed E-state index contributed by atoms with van der Waals surface area (Å²) in [5.41, 5.74) is 0.837. The summed E-state index contributed by atoms with van der Waals surface area (Å²) in [6.45, 7) is 2.10. The molecule has 2 unspecified atom stereocenters. The van der Waals surface area contributed by atoms with Crippen LogP contribution in [-0.4, -0.2) is 38.6 Å². The Morgan fingerprint density at radius 2 is 1.82 bits per heavy atom. The van der Waals surface area contributed by atoms with Crippen molar-refractivity contribution in [2.45, 2.75) is 95.6 Å². The molecule has 0 radical (unpaired) electrons. The van der Waals surface area contributed by atoms with Crippen molar-refractivity contribution >= 4 is 33.7 Å². The summed E-state index contributed by atoms with van der Waals surface area (Å²) in [6.07, 6.45) is 10.4. The lowest BCUT2D eigenvalue weighted by Crippen LogP contribution is -2.46. The van der Waals surface area contributed by atoms with E-state index >= 15 is 0 Å². The number of hydrogen-bond donors (Lipinski definition) is 2. The van der Waals surface area contributed by atoms with Gasteiger partial charge >= 0.3 is 10.5 Å². The van der Waals surface area contributed by atoms with Gasteiger partial charge in [-0.3, -0.25) is 4.79 Å². The minimum Gasteiger partial charge on any atom is -0.497 e. The summed E-state index contributed by atoms with van der Waals surface area (Å²) in [4.78, 5) is 13.2. The number of nitrogens with zero attached hydrogens (tertiary/aromatic N) is 1. The van der Waals surface area contributed by atoms with Crippen molar-refractivity contribution in [3.05, 3.63) is 29.8 Å². The lowest BCUT2D eigenvalue weighted by Gasteiger charge is -2.25. The number of unbranched alkanes of at least 4 members (excludes halogenated alkanes) is 2. The Hall–Kier alpha value is -2.00. The van der Waals surface area contributed by atoms with Gasteiger partial charge in [0.1, 0.15) is 5.75 Å². The number of methoxy groups -OCH3 is 1. The highest BCUT2D eigenvalue weighted by atomic mass is 32.2. The van der Waals surface area contributed by atoms with Crippen molar-refractivity contribution in [1.82, 2.24) is 10.6 Å². The smallest absolute Gasteiger partial charge is 0.311 e. The zero-order valence-corrected chi connectivity index (χ0v) is 21.3. The first kappa shape index (κ1) is 27.2. The van der Waals surface area contributed by atoms with Crippen LogP contribution in [-0.2, 0) is 15.3 Å². The third-order valence-corrected chi connectivity index (χ3v) is 6.87. The summed E-state index contributed by atoms with van der Waals surface area (Å²) < 4.78 is 31.5. The van der Waals surface area contributed by atoms with Gasteiger partial charge in [-0.15, -0.1) is 0 Å². The summed E-state index contributed by atoms with van der Waals surface area (Å²) in [5.74, 6) is 0.0524. The Bertz CT molecular complexity index is 873. The molecule has 0 saturated heterocycles. The van der Waals surface area contributed by atoms with Gasteiger partial charge in [0.05, 0.1) is 19.1 Å². The van der Waals surface area contributed by atoms with Crippen LogP contribution < -0.4 is 15.4 Å². The highest BCUT2D eigenvalue weighted by Gasteiger charge is 2.24. The Morgan fingerprint density at radius 3 is 2.42 bits per heavy atom. The van der Waals surface area contributed by atoms with Crippen LogP contribution in [0.25, 0.3) is 0 Å². The second kappa shape index (κ2) is 15.0. The molecule has 0 aliphatic heterocycles. The third-order valence-electron chi connectivity index (χ3n) is 6.18. The summed E-state index contributed by atoms with van der Waals surface area (Å²) in [6, 6.07) is 7.37. The highest BCUT2D eigenvalue weighted by molar-refractivity contribution is 7.80. The van der Waals surface area contributed by atoms with Crippen LogP contribution in [0.15, 0.2) is 28.6 Å². The van der Waals surface area contributed by atoms with Gasteiger partial charge in [0, 0.05) is 6.04 Å². The maximum absolute atomic E-state index is 13.2. The van der Waals surface area contributed by atoms with E-state index in [4.69, 9.17) is 17.0 Å². The standard InChI is InChI=1S/C24H37N3O4S2/c1-3-4-6-11-20(27-33(29)30)14-17-22(18-12-15-21(31-2)16-13-18)23(28)26-24(32)25-19-9-7-5-8-10-19/h12-13,15-16,19-20,22H,3-11,14,17H2,1-2H3,(H2,25,26,28,32). The molecule has 2 N–H and O–H groups in total. The normalized spacial score (nSPS) is 15.8. The molecular formula is C24H37N3O4S2. The van der Waals surface area contributed by atoms with Crippen molar-refractivity contribution in [3.63, 3.8) is 0 Å². The molecule has 2 rings (SSSR count). The molecule has 1 fully saturated rings. The van der Waals surface area contributed by atoms with Gasteiger partial charge in [0.15, 0.2) is 5.11 Å². The number of carbonyl (C=O) groups is 1. The molecule has 9 heteroatoms. The Kier molecular flexibility index (Phi) is 12.4. The zero-order valence-electron chi connectivity index (χ0n) is 19.7. The van der Waals surface area contributed by atoms with Crippen molar-refractivity contribution in [2.75, 3.05) is 7.11 Å². The van der Waals surface area contributed by atoms with E-state index in [-0.39, 0.29) is 11.9 Å². The molecule has 1 aliphatic rings. The highest BCUT2D eigenvalue weighted by Crippen LogP contribution is 2.26. The molecule has 2 atom stereocenters. The first-order valence-corrected chi connectivity index (χ1v) is 13.4. The van der Waals surface area contributed by atoms with Crippen LogP contribution in [0.5, 0.6) is 5.75 Å². The molecule has 1 aliphatic carbocycles. The quantitative estimate of drug-likeness (QED) is 0.316. The second-order valence-electron chi connectivity index (χ2n) is 8.67. The minimum atomic E-state index is -2.46. The molecule has 1 aromatic rings. The molecule has 1 aromatic carbocycles. The fourth-order valence-corrected chi connectivity index (χ4v) is 5.03. The monoisotopic (exact) mass is 495 g/mol. The molecule has 0 aromatic heterocycles. The third kappa shape index (κ3) is 10.2. The van der Waals surface area contributed by atoms with Crippen LogP contribution in [0.1, 0.15) is 89.0 Å².